The molecule has 5 amide bonds. The number of hydrogen-bond acceptors (Lipinski definition) is 8. The highest BCUT2D eigenvalue weighted by molar-refractivity contribution is 7.90. The Labute approximate surface area is 275 Å². The van der Waals surface area contributed by atoms with Gasteiger partial charge in [0.25, 0.3) is 0 Å². The number of sulfone groups is 1. The third-order valence-corrected chi connectivity index (χ3v) is 8.81. The van der Waals surface area contributed by atoms with Crippen LogP contribution in [0.1, 0.15) is 63.3 Å². The smallest absolute Gasteiger partial charge is 0.416 e. The van der Waals surface area contributed by atoms with Gasteiger partial charge in [0, 0.05) is 31.1 Å². The lowest BCUT2D eigenvalue weighted by Gasteiger charge is -2.44. The summed E-state index contributed by atoms with van der Waals surface area (Å²) in [5.41, 5.74) is -2.82. The minimum Gasteiger partial charge on any atom is -0.444 e. The first kappa shape index (κ1) is 35.8. The second-order valence-corrected chi connectivity index (χ2v) is 14.4. The Bertz CT molecular complexity index is 1870. The molecule has 4 rings (SSSR count). The molecule has 1 saturated heterocycles. The number of carbonyl (C=O) groups is 3. The van der Waals surface area contributed by atoms with Crippen molar-refractivity contribution in [1.82, 2.24) is 15.1 Å². The van der Waals surface area contributed by atoms with E-state index in [1.165, 1.54) is 30.0 Å². The average Bonchev–Trinajstić information content (AvgIpc) is 2.98. The number of nitrogens with one attached hydrogen (secondary N) is 1. The predicted octanol–water partition coefficient (Wildman–Crippen LogP) is 5.87. The molecule has 12 nitrogen and oxygen atoms in total. The highest BCUT2D eigenvalue weighted by Crippen LogP contribution is 2.43. The van der Waals surface area contributed by atoms with Gasteiger partial charge in [0.2, 0.25) is 0 Å². The molecule has 0 saturated carbocycles. The van der Waals surface area contributed by atoms with Gasteiger partial charge < -0.3 is 15.0 Å². The van der Waals surface area contributed by atoms with Crippen molar-refractivity contribution >= 4 is 33.7 Å². The van der Waals surface area contributed by atoms with Crippen LogP contribution in [0.25, 0.3) is 0 Å². The summed E-state index contributed by atoms with van der Waals surface area (Å²) in [5, 5.41) is 22.6. The zero-order chi connectivity index (χ0) is 35.8. The van der Waals surface area contributed by atoms with E-state index in [2.05, 4.69) is 5.32 Å². The van der Waals surface area contributed by atoms with Crippen molar-refractivity contribution in [3.05, 3.63) is 70.4 Å². The first-order valence-corrected chi connectivity index (χ1v) is 16.6. The topological polar surface area (TPSA) is 164 Å². The standard InChI is InChI=1S/C32H33F3N6O6S/c1-19-25(17-37)27(24-12-11-20(16-36)14-26(24)48(5,45)46)41(30(44)40(19)23-10-6-8-21(15-23)32(33,34)35)29(43)39-13-7-9-22(18-39)38-28(42)47-31(2,3)4/h6,8,10-12,14-15,22,27H,7,9,13,18H2,1-5H3,(H,38,42)/t22-,27-/m1/s1. The van der Waals surface area contributed by atoms with Gasteiger partial charge in [-0.3, -0.25) is 4.90 Å². The molecule has 2 heterocycles. The third-order valence-electron chi connectivity index (χ3n) is 7.66. The molecule has 0 bridgehead atoms. The van der Waals surface area contributed by atoms with Gasteiger partial charge in [0.1, 0.15) is 11.6 Å². The van der Waals surface area contributed by atoms with Crippen LogP contribution in [0.3, 0.4) is 0 Å². The number of ether oxygens (including phenoxy) is 1. The van der Waals surface area contributed by atoms with E-state index < -0.39 is 62.3 Å². The molecule has 2 aromatic carbocycles. The van der Waals surface area contributed by atoms with Crippen LogP contribution in [-0.2, 0) is 20.8 Å². The van der Waals surface area contributed by atoms with Crippen molar-refractivity contribution in [2.75, 3.05) is 24.2 Å². The van der Waals surface area contributed by atoms with Gasteiger partial charge in [-0.05, 0) is 76.4 Å². The number of benzene rings is 2. The quantitative estimate of drug-likeness (QED) is 0.417. The number of amides is 5. The molecule has 0 radical (unpaired) electrons. The van der Waals surface area contributed by atoms with Gasteiger partial charge >= 0.3 is 24.3 Å². The maximum atomic E-state index is 14.4. The summed E-state index contributed by atoms with van der Waals surface area (Å²) in [6.45, 7) is 6.33. The molecular weight excluding hydrogens is 653 g/mol. The van der Waals surface area contributed by atoms with Crippen LogP contribution in [0.2, 0.25) is 0 Å². The Balaban J connectivity index is 1.89. The van der Waals surface area contributed by atoms with E-state index >= 15 is 0 Å². The fourth-order valence-electron chi connectivity index (χ4n) is 5.61. The number of alkyl carbamates (subject to hydrolysis) is 1. The number of halogens is 3. The molecule has 48 heavy (non-hydrogen) atoms. The Morgan fingerprint density at radius 3 is 2.33 bits per heavy atom. The van der Waals surface area contributed by atoms with E-state index in [0.29, 0.717) is 23.8 Å². The molecule has 2 aliphatic heterocycles. The van der Waals surface area contributed by atoms with Crippen LogP contribution in [0.4, 0.5) is 33.2 Å². The van der Waals surface area contributed by atoms with E-state index in [-0.39, 0.29) is 41.2 Å². The highest BCUT2D eigenvalue weighted by atomic mass is 32.2. The summed E-state index contributed by atoms with van der Waals surface area (Å²) in [7, 11) is -4.13. The number of allylic oxidation sites excluding steroid dienone is 1. The Hall–Kier alpha value is -5.09. The number of nitrogens with zero attached hydrogens (tertiary/aromatic N) is 5. The summed E-state index contributed by atoms with van der Waals surface area (Å²) in [5.74, 6) is 0. The SMILES string of the molecule is CC1=C(C#N)[C@@H](c2ccc(C#N)cc2S(C)(=O)=O)N(C(=O)N2CCC[C@@H](NC(=O)OC(C)(C)C)C2)C(=O)N1c1cccc(C(F)(F)F)c1. The van der Waals surface area contributed by atoms with Crippen molar-refractivity contribution in [3.63, 3.8) is 0 Å². The lowest BCUT2D eigenvalue weighted by Crippen LogP contribution is -2.59. The highest BCUT2D eigenvalue weighted by Gasteiger charge is 2.47. The van der Waals surface area contributed by atoms with E-state index in [1.54, 1.807) is 20.8 Å². The number of alkyl halides is 3. The largest absolute Gasteiger partial charge is 0.444 e. The van der Waals surface area contributed by atoms with Gasteiger partial charge in [-0.25, -0.2) is 27.7 Å². The fraction of sp³-hybridized carbons (Fsp3) is 0.406. The van der Waals surface area contributed by atoms with E-state index in [1.807, 2.05) is 12.1 Å². The molecule has 0 aromatic heterocycles. The summed E-state index contributed by atoms with van der Waals surface area (Å²) < 4.78 is 72.3. The molecule has 254 valence electrons. The van der Waals surface area contributed by atoms with Crippen molar-refractivity contribution in [2.45, 2.75) is 69.3 Å². The van der Waals surface area contributed by atoms with Crippen LogP contribution in [0.5, 0.6) is 0 Å². The van der Waals surface area contributed by atoms with Gasteiger partial charge in [0.15, 0.2) is 9.84 Å². The molecule has 0 spiro atoms. The summed E-state index contributed by atoms with van der Waals surface area (Å²) in [6.07, 6.45) is -3.82. The fourth-order valence-corrected chi connectivity index (χ4v) is 6.56. The monoisotopic (exact) mass is 686 g/mol. The zero-order valence-electron chi connectivity index (χ0n) is 26.8. The number of rotatable bonds is 4. The Kier molecular flexibility index (Phi) is 9.83. The van der Waals surface area contributed by atoms with Crippen molar-refractivity contribution in [1.29, 1.82) is 10.5 Å². The lowest BCUT2D eigenvalue weighted by molar-refractivity contribution is -0.137. The molecule has 0 aliphatic carbocycles. The summed E-state index contributed by atoms with van der Waals surface area (Å²) >= 11 is 0. The molecule has 0 unspecified atom stereocenters. The summed E-state index contributed by atoms with van der Waals surface area (Å²) in [6, 6.07) is 6.72. The Morgan fingerprint density at radius 1 is 1.06 bits per heavy atom. The number of carbonyl (C=O) groups excluding carboxylic acids is 3. The molecule has 16 heteroatoms. The maximum Gasteiger partial charge on any atom is 0.416 e. The minimum atomic E-state index is -4.78. The minimum absolute atomic E-state index is 0.0453. The number of piperidine rings is 1. The number of likely N-dealkylation sites (tertiary alicyclic amines) is 1. The van der Waals surface area contributed by atoms with E-state index in [0.717, 1.165) is 29.4 Å². The number of anilines is 1. The average molecular weight is 687 g/mol. The molecule has 2 aromatic rings. The number of urea groups is 2. The van der Waals surface area contributed by atoms with Gasteiger partial charge in [-0.1, -0.05) is 12.1 Å². The van der Waals surface area contributed by atoms with Gasteiger partial charge in [-0.15, -0.1) is 0 Å². The first-order valence-electron chi connectivity index (χ1n) is 14.7. The first-order chi connectivity index (χ1) is 22.3. The normalized spacial score (nSPS) is 19.0. The van der Waals surface area contributed by atoms with Crippen LogP contribution in [-0.4, -0.2) is 67.4 Å². The Morgan fingerprint density at radius 2 is 1.75 bits per heavy atom. The van der Waals surface area contributed by atoms with Crippen LogP contribution < -0.4 is 10.2 Å². The van der Waals surface area contributed by atoms with Crippen molar-refractivity contribution in [3.8, 4) is 12.1 Å². The molecule has 2 aliphatic rings. The van der Waals surface area contributed by atoms with Crippen molar-refractivity contribution < 1.29 is 40.7 Å². The number of imide groups is 1. The second kappa shape index (κ2) is 13.2. The molecular formula is C32H33F3N6O6S. The number of hydrogen-bond donors (Lipinski definition) is 1. The number of nitriles is 2. The van der Waals surface area contributed by atoms with Crippen LogP contribution >= 0.6 is 0 Å². The maximum absolute atomic E-state index is 14.4. The second-order valence-electron chi connectivity index (χ2n) is 12.4. The van der Waals surface area contributed by atoms with E-state index in [4.69, 9.17) is 4.74 Å². The predicted molar refractivity (Wildman–Crippen MR) is 166 cm³/mol. The van der Waals surface area contributed by atoms with Gasteiger partial charge in [-0.2, -0.15) is 23.7 Å². The van der Waals surface area contributed by atoms with E-state index in [9.17, 15) is 46.5 Å². The van der Waals surface area contributed by atoms with Crippen molar-refractivity contribution in [2.24, 2.45) is 0 Å². The molecule has 2 atom stereocenters. The third kappa shape index (κ3) is 7.55. The van der Waals surface area contributed by atoms with Crippen LogP contribution in [0, 0.1) is 22.7 Å². The van der Waals surface area contributed by atoms with Crippen LogP contribution in [0.15, 0.2) is 58.6 Å². The molecule has 1 N–H and O–H groups in total. The molecule has 1 fully saturated rings. The zero-order valence-corrected chi connectivity index (χ0v) is 27.6. The lowest BCUT2D eigenvalue weighted by atomic mass is 9.93. The summed E-state index contributed by atoms with van der Waals surface area (Å²) in [4.78, 5) is 43.6. The van der Waals surface area contributed by atoms with Gasteiger partial charge in [0.05, 0.1) is 39.4 Å².